The molecule has 0 fully saturated rings. The number of hydrogen-bond donors (Lipinski definition) is 1. The molecule has 0 saturated heterocycles. The number of carbonyl (C=O) groups excluding carboxylic acids is 1. The summed E-state index contributed by atoms with van der Waals surface area (Å²) in [7, 11) is 0. The molecule has 0 radical (unpaired) electrons. The number of halogens is 4. The molecule has 0 aromatic carbocycles. The van der Waals surface area contributed by atoms with Crippen LogP contribution in [-0.4, -0.2) is 44.4 Å². The van der Waals surface area contributed by atoms with E-state index in [1.165, 1.54) is 6.20 Å². The lowest BCUT2D eigenvalue weighted by Crippen LogP contribution is -2.36. The fraction of sp³-hybridized carbons (Fsp3) is 0.421. The Kier molecular flexibility index (Phi) is 7.21. The number of thioether (sulfide) groups is 1. The highest BCUT2D eigenvalue weighted by atomic mass is 32.2. The molecular weight excluding hydrogens is 438 g/mol. The van der Waals surface area contributed by atoms with Crippen LogP contribution in [0.4, 0.5) is 17.6 Å². The molecule has 1 aliphatic rings. The second kappa shape index (κ2) is 9.69. The summed E-state index contributed by atoms with van der Waals surface area (Å²) in [5, 5.41) is -0.110. The van der Waals surface area contributed by atoms with Crippen molar-refractivity contribution in [2.24, 2.45) is 10.7 Å². The van der Waals surface area contributed by atoms with Gasteiger partial charge in [0, 0.05) is 17.9 Å². The fourth-order valence-electron chi connectivity index (χ4n) is 3.16. The fourth-order valence-corrected chi connectivity index (χ4v) is 4.31. The number of aliphatic imine (C=N–C) groups is 1. The van der Waals surface area contributed by atoms with Crippen LogP contribution in [0.1, 0.15) is 47.2 Å². The SMILES string of the molecule is C[C@@]1(c2cc(CC(=O)c3cnc(C(F)F)cn3)ccn2)C[C@@H](COC(F)F)SC(N)=N1. The summed E-state index contributed by atoms with van der Waals surface area (Å²) in [5.74, 6) is -0.402. The Hall–Kier alpha value is -2.60. The monoisotopic (exact) mass is 457 g/mol. The summed E-state index contributed by atoms with van der Waals surface area (Å²) in [5.41, 5.74) is 5.58. The van der Waals surface area contributed by atoms with E-state index in [0.717, 1.165) is 24.2 Å². The Labute approximate surface area is 179 Å². The van der Waals surface area contributed by atoms with Crippen LogP contribution in [0.15, 0.2) is 35.7 Å². The van der Waals surface area contributed by atoms with Gasteiger partial charge in [-0.05, 0) is 31.0 Å². The summed E-state index contributed by atoms with van der Waals surface area (Å²) in [6.45, 7) is -1.30. The molecule has 2 N–H and O–H groups in total. The van der Waals surface area contributed by atoms with Crippen molar-refractivity contribution in [2.45, 2.75) is 43.6 Å². The van der Waals surface area contributed by atoms with Crippen molar-refractivity contribution in [1.29, 1.82) is 0 Å². The van der Waals surface area contributed by atoms with Crippen molar-refractivity contribution in [1.82, 2.24) is 15.0 Å². The van der Waals surface area contributed by atoms with E-state index in [9.17, 15) is 22.4 Å². The lowest BCUT2D eigenvalue weighted by molar-refractivity contribution is -0.128. The van der Waals surface area contributed by atoms with Gasteiger partial charge in [0.15, 0.2) is 11.0 Å². The molecule has 1 aliphatic heterocycles. The van der Waals surface area contributed by atoms with E-state index in [2.05, 4.69) is 24.7 Å². The van der Waals surface area contributed by atoms with E-state index < -0.39 is 30.1 Å². The topological polar surface area (TPSA) is 103 Å². The van der Waals surface area contributed by atoms with E-state index in [0.29, 0.717) is 17.7 Å². The maximum Gasteiger partial charge on any atom is 0.345 e. The minimum Gasteiger partial charge on any atom is -0.379 e. The number of amidine groups is 1. The standard InChI is InChI=1S/C19H19F4N5O2S/c1-19(6-11(9-30-17(22)23)31-18(24)28-19)15-5-10(2-3-25-15)4-14(29)12-7-27-13(8-26-12)16(20)21/h2-3,5,7-8,11,16-17H,4,6,9H2,1H3,(H2,24,28)/t11-,19-/m0/s1. The number of ether oxygens (including phenoxy) is 1. The molecule has 0 amide bonds. The van der Waals surface area contributed by atoms with Crippen molar-refractivity contribution in [2.75, 3.05) is 6.61 Å². The van der Waals surface area contributed by atoms with Gasteiger partial charge in [-0.2, -0.15) is 8.78 Å². The van der Waals surface area contributed by atoms with Crippen molar-refractivity contribution >= 4 is 22.7 Å². The maximum atomic E-state index is 12.6. The van der Waals surface area contributed by atoms with Crippen LogP contribution < -0.4 is 5.73 Å². The zero-order chi connectivity index (χ0) is 22.6. The lowest BCUT2D eigenvalue weighted by atomic mass is 9.90. The third-order valence-electron chi connectivity index (χ3n) is 4.60. The highest BCUT2D eigenvalue weighted by Gasteiger charge is 2.36. The highest BCUT2D eigenvalue weighted by molar-refractivity contribution is 8.14. The average molecular weight is 457 g/mol. The summed E-state index contributed by atoms with van der Waals surface area (Å²) in [6, 6.07) is 3.31. The smallest absolute Gasteiger partial charge is 0.345 e. The van der Waals surface area contributed by atoms with Crippen LogP contribution in [0.5, 0.6) is 0 Å². The first kappa shape index (κ1) is 23.1. The van der Waals surface area contributed by atoms with Crippen molar-refractivity contribution in [3.05, 3.63) is 53.4 Å². The van der Waals surface area contributed by atoms with Gasteiger partial charge in [-0.3, -0.25) is 14.8 Å². The molecule has 2 aromatic heterocycles. The zero-order valence-corrected chi connectivity index (χ0v) is 17.2. The lowest BCUT2D eigenvalue weighted by Gasteiger charge is -2.33. The predicted molar refractivity (Wildman–Crippen MR) is 106 cm³/mol. The van der Waals surface area contributed by atoms with Gasteiger partial charge < -0.3 is 10.5 Å². The third kappa shape index (κ3) is 5.97. The molecule has 166 valence electrons. The Morgan fingerprint density at radius 3 is 2.71 bits per heavy atom. The number of rotatable bonds is 8. The molecule has 0 saturated carbocycles. The minimum atomic E-state index is -2.88. The molecule has 0 bridgehead atoms. The first-order valence-corrected chi connectivity index (χ1v) is 10.0. The Morgan fingerprint density at radius 2 is 2.06 bits per heavy atom. The molecule has 31 heavy (non-hydrogen) atoms. The van der Waals surface area contributed by atoms with Crippen LogP contribution >= 0.6 is 11.8 Å². The third-order valence-corrected chi connectivity index (χ3v) is 5.57. The molecule has 3 rings (SSSR count). The Balaban J connectivity index is 1.75. The molecule has 7 nitrogen and oxygen atoms in total. The van der Waals surface area contributed by atoms with Gasteiger partial charge in [0.1, 0.15) is 16.9 Å². The van der Waals surface area contributed by atoms with Gasteiger partial charge in [0.2, 0.25) is 0 Å². The van der Waals surface area contributed by atoms with Gasteiger partial charge in [-0.1, -0.05) is 11.8 Å². The number of ketones is 1. The second-order valence-electron chi connectivity index (χ2n) is 7.04. The zero-order valence-electron chi connectivity index (χ0n) is 16.3. The number of Topliss-reactive ketones (excluding diaryl/α,β-unsaturated/α-hetero) is 1. The molecule has 2 atom stereocenters. The van der Waals surface area contributed by atoms with Crippen molar-refractivity contribution in [3.8, 4) is 0 Å². The molecule has 3 heterocycles. The van der Waals surface area contributed by atoms with Crippen LogP contribution in [0.25, 0.3) is 0 Å². The number of aromatic nitrogens is 3. The first-order valence-electron chi connectivity index (χ1n) is 9.17. The first-order chi connectivity index (χ1) is 14.7. The Morgan fingerprint density at radius 1 is 1.29 bits per heavy atom. The van der Waals surface area contributed by atoms with E-state index in [-0.39, 0.29) is 29.1 Å². The van der Waals surface area contributed by atoms with Gasteiger partial charge >= 0.3 is 6.61 Å². The van der Waals surface area contributed by atoms with Gasteiger partial charge in [0.25, 0.3) is 6.43 Å². The van der Waals surface area contributed by atoms with Crippen LogP contribution in [0, 0.1) is 0 Å². The summed E-state index contributed by atoms with van der Waals surface area (Å²) in [6.07, 6.45) is 0.931. The molecule has 12 heteroatoms. The second-order valence-corrected chi connectivity index (χ2v) is 8.36. The quantitative estimate of drug-likeness (QED) is 0.478. The minimum absolute atomic E-state index is 0.0329. The predicted octanol–water partition coefficient (Wildman–Crippen LogP) is 3.51. The number of nitrogens with zero attached hydrogens (tertiary/aromatic N) is 4. The number of carbonyl (C=O) groups is 1. The molecular formula is C19H19F4N5O2S. The van der Waals surface area contributed by atoms with Crippen molar-refractivity contribution < 1.29 is 27.1 Å². The van der Waals surface area contributed by atoms with Crippen molar-refractivity contribution in [3.63, 3.8) is 0 Å². The summed E-state index contributed by atoms with van der Waals surface area (Å²) in [4.78, 5) is 28.5. The van der Waals surface area contributed by atoms with Crippen LogP contribution in [0.3, 0.4) is 0 Å². The number of hydrogen-bond acceptors (Lipinski definition) is 8. The maximum absolute atomic E-state index is 12.6. The van der Waals surface area contributed by atoms with E-state index in [1.54, 1.807) is 19.1 Å². The number of pyridine rings is 1. The molecule has 0 aliphatic carbocycles. The molecule has 0 spiro atoms. The van der Waals surface area contributed by atoms with E-state index in [4.69, 9.17) is 5.73 Å². The van der Waals surface area contributed by atoms with E-state index in [1.807, 2.05) is 0 Å². The summed E-state index contributed by atoms with van der Waals surface area (Å²) >= 11 is 1.16. The van der Waals surface area contributed by atoms with Gasteiger partial charge in [-0.15, -0.1) is 0 Å². The average Bonchev–Trinajstić information content (AvgIpc) is 2.72. The number of alkyl halides is 4. The van der Waals surface area contributed by atoms with Crippen LogP contribution in [-0.2, 0) is 16.7 Å². The molecule has 2 aromatic rings. The van der Waals surface area contributed by atoms with Crippen LogP contribution in [0.2, 0.25) is 0 Å². The Bertz CT molecular complexity index is 961. The van der Waals surface area contributed by atoms with Gasteiger partial charge in [-0.25, -0.2) is 18.8 Å². The largest absolute Gasteiger partial charge is 0.379 e. The molecule has 0 unspecified atom stereocenters. The van der Waals surface area contributed by atoms with E-state index >= 15 is 0 Å². The normalized spacial score (nSPS) is 21.4. The van der Waals surface area contributed by atoms with Gasteiger partial charge in [0.05, 0.1) is 24.7 Å². The number of nitrogens with two attached hydrogens (primary N) is 1. The highest BCUT2D eigenvalue weighted by Crippen LogP contribution is 2.38. The summed E-state index contributed by atoms with van der Waals surface area (Å²) < 4.78 is 54.4.